The number of nitrogens with two attached hydrogens (primary N) is 1. The second-order valence-electron chi connectivity index (χ2n) is 17.4. The molecule has 0 aliphatic rings. The summed E-state index contributed by atoms with van der Waals surface area (Å²) in [5, 5.41) is 0. The Balaban J connectivity index is 4.18. The number of ether oxygens (including phenoxy) is 2. The number of carbonyl (C=O) groups excluding carboxylic acids is 2. The van der Waals surface area contributed by atoms with Crippen molar-refractivity contribution >= 4 is 19.8 Å². The summed E-state index contributed by atoms with van der Waals surface area (Å²) >= 11 is 0. The average Bonchev–Trinajstić information content (AvgIpc) is 3.30. The van der Waals surface area contributed by atoms with Crippen molar-refractivity contribution in [2.45, 2.75) is 238 Å². The van der Waals surface area contributed by atoms with Crippen LogP contribution in [0.15, 0.2) is 72.9 Å². The third-order valence-corrected chi connectivity index (χ3v) is 12.0. The molecular formula is C55H98NO8P. The quantitative estimate of drug-likeness (QED) is 0.0265. The van der Waals surface area contributed by atoms with Crippen molar-refractivity contribution in [1.82, 2.24) is 0 Å². The van der Waals surface area contributed by atoms with E-state index >= 15 is 0 Å². The molecule has 10 heteroatoms. The molecule has 0 fully saturated rings. The van der Waals surface area contributed by atoms with Crippen molar-refractivity contribution in [3.05, 3.63) is 72.9 Å². The molecule has 0 amide bonds. The first kappa shape index (κ1) is 62.4. The standard InChI is InChI=1S/C55H98NO8P/c1-3-5-7-9-11-13-15-17-19-21-23-25-26-28-30-32-34-36-38-40-42-44-46-48-55(58)64-53(52-63-65(59,60)62-50-49-56)51-61-54(57)47-45-43-41-39-37-35-33-31-29-27-24-22-20-18-16-14-12-10-8-6-4-2/h20,22,27,29,32-35,39-42,53H,3-19,21,23-26,28,30-31,36-38,43-52,56H2,1-2H3,(H,59,60)/b22-20+,29-27+,34-32+,35-33+,41-39+,42-40+/t53-/m1/s1. The fourth-order valence-electron chi connectivity index (χ4n) is 7.12. The van der Waals surface area contributed by atoms with Gasteiger partial charge in [0, 0.05) is 19.4 Å². The Morgan fingerprint density at radius 3 is 1.25 bits per heavy atom. The van der Waals surface area contributed by atoms with Crippen LogP contribution in [0.25, 0.3) is 0 Å². The molecule has 0 radical (unpaired) electrons. The minimum atomic E-state index is -4.41. The van der Waals surface area contributed by atoms with E-state index in [0.29, 0.717) is 12.8 Å². The molecule has 0 saturated carbocycles. The van der Waals surface area contributed by atoms with Crippen LogP contribution >= 0.6 is 7.82 Å². The average molecular weight is 932 g/mol. The number of rotatable bonds is 49. The summed E-state index contributed by atoms with van der Waals surface area (Å²) in [5.74, 6) is -0.943. The van der Waals surface area contributed by atoms with Gasteiger partial charge in [0.05, 0.1) is 13.2 Å². The lowest BCUT2D eigenvalue weighted by molar-refractivity contribution is -0.161. The van der Waals surface area contributed by atoms with Gasteiger partial charge in [-0.3, -0.25) is 18.6 Å². The summed E-state index contributed by atoms with van der Waals surface area (Å²) in [7, 11) is -4.41. The first-order valence-corrected chi connectivity index (χ1v) is 27.9. The van der Waals surface area contributed by atoms with Crippen LogP contribution in [-0.4, -0.2) is 49.3 Å². The molecule has 0 saturated heterocycles. The largest absolute Gasteiger partial charge is 0.472 e. The van der Waals surface area contributed by atoms with Crippen LogP contribution in [-0.2, 0) is 32.7 Å². The SMILES string of the molecule is CCCCCCCCC/C=C/C/C=C/C/C=C/C/C=C/CCCC(=O)OC[C@H](COP(=O)(O)OCCN)OC(=O)CCC/C=C/CC/C=C/CCCCCCCCCCCCCCCC. The Hall–Kier alpha value is -2.55. The highest BCUT2D eigenvalue weighted by atomic mass is 31.2. The lowest BCUT2D eigenvalue weighted by atomic mass is 10.0. The van der Waals surface area contributed by atoms with E-state index < -0.39 is 32.5 Å². The van der Waals surface area contributed by atoms with Crippen LogP contribution in [0.2, 0.25) is 0 Å². The number of hydrogen-bond donors (Lipinski definition) is 2. The monoisotopic (exact) mass is 932 g/mol. The molecule has 0 heterocycles. The number of carbonyl (C=O) groups is 2. The molecule has 0 aliphatic heterocycles. The van der Waals surface area contributed by atoms with Gasteiger partial charge in [0.15, 0.2) is 6.10 Å². The molecule has 9 nitrogen and oxygen atoms in total. The molecular weight excluding hydrogens is 834 g/mol. The molecule has 0 bridgehead atoms. The lowest BCUT2D eigenvalue weighted by Crippen LogP contribution is -2.29. The fraction of sp³-hybridized carbons (Fsp3) is 0.745. The summed E-state index contributed by atoms with van der Waals surface area (Å²) in [6, 6.07) is 0. The minimum Gasteiger partial charge on any atom is -0.462 e. The number of esters is 2. The maximum Gasteiger partial charge on any atom is 0.472 e. The van der Waals surface area contributed by atoms with Crippen LogP contribution in [0.1, 0.15) is 232 Å². The van der Waals surface area contributed by atoms with Crippen LogP contribution in [0, 0.1) is 0 Å². The predicted molar refractivity (Wildman–Crippen MR) is 275 cm³/mol. The number of phosphoric ester groups is 1. The van der Waals surface area contributed by atoms with E-state index in [1.54, 1.807) is 0 Å². The van der Waals surface area contributed by atoms with Gasteiger partial charge < -0.3 is 20.1 Å². The second-order valence-corrected chi connectivity index (χ2v) is 18.8. The Morgan fingerprint density at radius 2 is 0.815 bits per heavy atom. The molecule has 65 heavy (non-hydrogen) atoms. The highest BCUT2D eigenvalue weighted by Crippen LogP contribution is 2.43. The molecule has 1 unspecified atom stereocenters. The van der Waals surface area contributed by atoms with Gasteiger partial charge in [-0.1, -0.05) is 209 Å². The highest BCUT2D eigenvalue weighted by molar-refractivity contribution is 7.47. The van der Waals surface area contributed by atoms with Crippen molar-refractivity contribution in [2.75, 3.05) is 26.4 Å². The zero-order valence-electron chi connectivity index (χ0n) is 41.7. The molecule has 0 aromatic heterocycles. The van der Waals surface area contributed by atoms with Gasteiger partial charge >= 0.3 is 19.8 Å². The van der Waals surface area contributed by atoms with E-state index in [4.69, 9.17) is 24.3 Å². The second kappa shape index (κ2) is 50.9. The Morgan fingerprint density at radius 1 is 0.462 bits per heavy atom. The molecule has 3 N–H and O–H groups in total. The molecule has 0 spiro atoms. The molecule has 0 rings (SSSR count). The molecule has 0 aliphatic carbocycles. The first-order chi connectivity index (χ1) is 31.8. The van der Waals surface area contributed by atoms with E-state index in [0.717, 1.165) is 51.4 Å². The molecule has 376 valence electrons. The van der Waals surface area contributed by atoms with Crippen LogP contribution in [0.5, 0.6) is 0 Å². The van der Waals surface area contributed by atoms with Crippen LogP contribution in [0.3, 0.4) is 0 Å². The maximum absolute atomic E-state index is 12.6. The Labute approximate surface area is 399 Å². The zero-order chi connectivity index (χ0) is 47.4. The summed E-state index contributed by atoms with van der Waals surface area (Å²) in [6.07, 6.45) is 64.0. The van der Waals surface area contributed by atoms with Gasteiger partial charge in [-0.05, 0) is 83.5 Å². The van der Waals surface area contributed by atoms with Crippen molar-refractivity contribution in [2.24, 2.45) is 5.73 Å². The van der Waals surface area contributed by atoms with Gasteiger partial charge in [0.1, 0.15) is 6.61 Å². The molecule has 0 aromatic rings. The van der Waals surface area contributed by atoms with Crippen LogP contribution in [0.4, 0.5) is 0 Å². The normalized spacial score (nSPS) is 13.7. The van der Waals surface area contributed by atoms with E-state index in [-0.39, 0.29) is 32.6 Å². The third kappa shape index (κ3) is 50.7. The lowest BCUT2D eigenvalue weighted by Gasteiger charge is -2.19. The van der Waals surface area contributed by atoms with E-state index in [2.05, 4.69) is 86.8 Å². The Bertz CT molecular complexity index is 1290. The molecule has 2 atom stereocenters. The van der Waals surface area contributed by atoms with Crippen molar-refractivity contribution < 1.29 is 37.6 Å². The smallest absolute Gasteiger partial charge is 0.462 e. The van der Waals surface area contributed by atoms with Gasteiger partial charge in [-0.15, -0.1) is 0 Å². The zero-order valence-corrected chi connectivity index (χ0v) is 42.6. The maximum atomic E-state index is 12.6. The van der Waals surface area contributed by atoms with Crippen molar-refractivity contribution in [3.8, 4) is 0 Å². The van der Waals surface area contributed by atoms with E-state index in [1.807, 2.05) is 0 Å². The van der Waals surface area contributed by atoms with Crippen molar-refractivity contribution in [3.63, 3.8) is 0 Å². The van der Waals surface area contributed by atoms with Gasteiger partial charge in [0.2, 0.25) is 0 Å². The summed E-state index contributed by atoms with van der Waals surface area (Å²) in [6.45, 7) is 3.65. The topological polar surface area (TPSA) is 134 Å². The van der Waals surface area contributed by atoms with E-state index in [1.165, 1.54) is 141 Å². The molecule has 0 aromatic carbocycles. The highest BCUT2D eigenvalue weighted by Gasteiger charge is 2.26. The third-order valence-electron chi connectivity index (χ3n) is 11.0. The van der Waals surface area contributed by atoms with Crippen LogP contribution < -0.4 is 5.73 Å². The first-order valence-electron chi connectivity index (χ1n) is 26.4. The van der Waals surface area contributed by atoms with E-state index in [9.17, 15) is 19.0 Å². The number of unbranched alkanes of at least 4 members (excludes halogenated alkanes) is 24. The number of phosphoric acid groups is 1. The van der Waals surface area contributed by atoms with Gasteiger partial charge in [-0.2, -0.15) is 0 Å². The fourth-order valence-corrected chi connectivity index (χ4v) is 7.88. The van der Waals surface area contributed by atoms with Gasteiger partial charge in [-0.25, -0.2) is 4.57 Å². The number of hydrogen-bond acceptors (Lipinski definition) is 8. The Kier molecular flexibility index (Phi) is 48.9. The minimum absolute atomic E-state index is 0.0375. The number of allylic oxidation sites excluding steroid dienone is 12. The predicted octanol–water partition coefficient (Wildman–Crippen LogP) is 16.2. The summed E-state index contributed by atoms with van der Waals surface area (Å²) < 4.78 is 32.8. The van der Waals surface area contributed by atoms with Gasteiger partial charge in [0.25, 0.3) is 0 Å². The summed E-state index contributed by atoms with van der Waals surface area (Å²) in [5.41, 5.74) is 5.36. The van der Waals surface area contributed by atoms with Crippen molar-refractivity contribution in [1.29, 1.82) is 0 Å². The summed E-state index contributed by atoms with van der Waals surface area (Å²) in [4.78, 5) is 35.0.